The molecule has 1 aromatic rings. The van der Waals surface area contributed by atoms with Gasteiger partial charge < -0.3 is 20.1 Å². The number of benzene rings is 1. The Hall–Kier alpha value is -1.46. The first-order valence-electron chi connectivity index (χ1n) is 6.95. The lowest BCUT2D eigenvalue weighted by Gasteiger charge is -2.12. The number of carbonyl (C=O) groups excluding carboxylic acids is 1. The summed E-state index contributed by atoms with van der Waals surface area (Å²) < 4.78 is 10.4. The van der Waals surface area contributed by atoms with Crippen LogP contribution in [0.25, 0.3) is 0 Å². The van der Waals surface area contributed by atoms with Crippen molar-refractivity contribution in [2.24, 2.45) is 5.92 Å². The van der Waals surface area contributed by atoms with Crippen LogP contribution < -0.4 is 20.1 Å². The van der Waals surface area contributed by atoms with E-state index in [2.05, 4.69) is 10.6 Å². The fraction of sp³-hybridized carbons (Fsp3) is 0.533. The lowest BCUT2D eigenvalue weighted by atomic mass is 10.1. The molecule has 2 rings (SSSR count). The number of methoxy groups -OCH3 is 2. The van der Waals surface area contributed by atoms with E-state index in [0.29, 0.717) is 29.5 Å². The van der Waals surface area contributed by atoms with Crippen LogP contribution in [0, 0.1) is 5.92 Å². The van der Waals surface area contributed by atoms with E-state index in [9.17, 15) is 4.79 Å². The summed E-state index contributed by atoms with van der Waals surface area (Å²) in [5.74, 6) is 1.76. The molecule has 1 atom stereocenters. The number of hydrogen-bond donors (Lipinski definition) is 2. The third kappa shape index (κ3) is 4.79. The Morgan fingerprint density at radius 1 is 1.38 bits per heavy atom. The van der Waals surface area contributed by atoms with Gasteiger partial charge in [-0.15, -0.1) is 12.4 Å². The van der Waals surface area contributed by atoms with Crippen LogP contribution in [-0.4, -0.2) is 39.8 Å². The van der Waals surface area contributed by atoms with E-state index in [1.54, 1.807) is 32.4 Å². The van der Waals surface area contributed by atoms with Crippen molar-refractivity contribution in [1.29, 1.82) is 0 Å². The number of halogens is 1. The van der Waals surface area contributed by atoms with Gasteiger partial charge in [0.15, 0.2) is 0 Å². The summed E-state index contributed by atoms with van der Waals surface area (Å²) in [6, 6.07) is 5.22. The van der Waals surface area contributed by atoms with E-state index in [-0.39, 0.29) is 18.3 Å². The Morgan fingerprint density at radius 2 is 2.19 bits per heavy atom. The van der Waals surface area contributed by atoms with Crippen molar-refractivity contribution < 1.29 is 14.3 Å². The molecule has 1 saturated heterocycles. The van der Waals surface area contributed by atoms with Crippen molar-refractivity contribution in [3.8, 4) is 11.5 Å². The number of rotatable bonds is 6. The molecule has 2 N–H and O–H groups in total. The minimum Gasteiger partial charge on any atom is -0.497 e. The predicted octanol–water partition coefficient (Wildman–Crippen LogP) is 1.85. The van der Waals surface area contributed by atoms with Crippen molar-refractivity contribution >= 4 is 18.3 Å². The molecule has 1 aliphatic heterocycles. The number of amides is 1. The quantitative estimate of drug-likeness (QED) is 0.841. The van der Waals surface area contributed by atoms with Crippen LogP contribution >= 0.6 is 12.4 Å². The van der Waals surface area contributed by atoms with Gasteiger partial charge in [0, 0.05) is 6.54 Å². The molecule has 0 bridgehead atoms. The number of carbonyl (C=O) groups is 1. The van der Waals surface area contributed by atoms with E-state index in [4.69, 9.17) is 9.47 Å². The maximum absolute atomic E-state index is 12.2. The Kier molecular flexibility index (Phi) is 7.32. The second kappa shape index (κ2) is 8.74. The Morgan fingerprint density at radius 3 is 2.81 bits per heavy atom. The molecule has 0 aromatic heterocycles. The molecule has 1 aromatic carbocycles. The molecular weight excluding hydrogens is 292 g/mol. The topological polar surface area (TPSA) is 59.6 Å². The summed E-state index contributed by atoms with van der Waals surface area (Å²) in [5.41, 5.74) is 0.511. The fourth-order valence-corrected chi connectivity index (χ4v) is 2.44. The molecule has 5 nitrogen and oxygen atoms in total. The zero-order chi connectivity index (χ0) is 14.4. The highest BCUT2D eigenvalue weighted by Crippen LogP contribution is 2.23. The Balaban J connectivity index is 0.00000220. The molecule has 0 saturated carbocycles. The van der Waals surface area contributed by atoms with Gasteiger partial charge in [-0.1, -0.05) is 0 Å². The smallest absolute Gasteiger partial charge is 0.255 e. The van der Waals surface area contributed by atoms with Crippen LogP contribution in [0.15, 0.2) is 18.2 Å². The first kappa shape index (κ1) is 17.6. The molecule has 1 heterocycles. The number of hydrogen-bond acceptors (Lipinski definition) is 4. The van der Waals surface area contributed by atoms with Crippen molar-refractivity contribution in [3.63, 3.8) is 0 Å². The fourth-order valence-electron chi connectivity index (χ4n) is 2.44. The highest BCUT2D eigenvalue weighted by molar-refractivity contribution is 5.97. The van der Waals surface area contributed by atoms with Gasteiger partial charge in [-0.3, -0.25) is 4.79 Å². The standard InChI is InChI=1S/C15H22N2O3.ClH/c1-19-12-3-4-14(20-2)13(9-12)15(18)17-8-6-11-5-7-16-10-11;/h3-4,9,11,16H,5-8,10H2,1-2H3,(H,17,18);1H. The van der Waals surface area contributed by atoms with E-state index in [0.717, 1.165) is 19.5 Å². The monoisotopic (exact) mass is 314 g/mol. The molecule has 1 aliphatic rings. The zero-order valence-electron chi connectivity index (χ0n) is 12.5. The van der Waals surface area contributed by atoms with E-state index >= 15 is 0 Å². The van der Waals surface area contributed by atoms with Gasteiger partial charge in [-0.2, -0.15) is 0 Å². The van der Waals surface area contributed by atoms with Crippen LogP contribution in [0.1, 0.15) is 23.2 Å². The summed E-state index contributed by atoms with van der Waals surface area (Å²) in [5, 5.41) is 6.28. The van der Waals surface area contributed by atoms with Crippen molar-refractivity contribution in [3.05, 3.63) is 23.8 Å². The summed E-state index contributed by atoms with van der Waals surface area (Å²) in [7, 11) is 3.14. The van der Waals surface area contributed by atoms with Gasteiger partial charge in [-0.05, 0) is 50.0 Å². The molecule has 118 valence electrons. The molecule has 1 unspecified atom stereocenters. The lowest BCUT2D eigenvalue weighted by molar-refractivity contribution is 0.0948. The third-order valence-corrected chi connectivity index (χ3v) is 3.65. The third-order valence-electron chi connectivity index (χ3n) is 3.65. The lowest BCUT2D eigenvalue weighted by Crippen LogP contribution is -2.26. The molecule has 0 radical (unpaired) electrons. The van der Waals surface area contributed by atoms with E-state index in [1.807, 2.05) is 0 Å². The SMILES string of the molecule is COc1ccc(OC)c(C(=O)NCCC2CCNC2)c1.Cl. The molecule has 21 heavy (non-hydrogen) atoms. The van der Waals surface area contributed by atoms with Crippen LogP contribution in [0.3, 0.4) is 0 Å². The molecule has 1 amide bonds. The summed E-state index contributed by atoms with van der Waals surface area (Å²) >= 11 is 0. The van der Waals surface area contributed by atoms with Gasteiger partial charge in [0.05, 0.1) is 19.8 Å². The molecular formula is C15H23ClN2O3. The maximum Gasteiger partial charge on any atom is 0.255 e. The van der Waals surface area contributed by atoms with E-state index in [1.165, 1.54) is 6.42 Å². The van der Waals surface area contributed by atoms with Crippen molar-refractivity contribution in [1.82, 2.24) is 10.6 Å². The van der Waals surface area contributed by atoms with Gasteiger partial charge in [0.25, 0.3) is 5.91 Å². The predicted molar refractivity (Wildman–Crippen MR) is 84.7 cm³/mol. The normalized spacial score (nSPS) is 17.0. The van der Waals surface area contributed by atoms with Crippen LogP contribution in [0.2, 0.25) is 0 Å². The van der Waals surface area contributed by atoms with E-state index < -0.39 is 0 Å². The molecule has 0 spiro atoms. The number of ether oxygens (including phenoxy) is 2. The average Bonchev–Trinajstić information content (AvgIpc) is 2.99. The van der Waals surface area contributed by atoms with Crippen molar-refractivity contribution in [2.45, 2.75) is 12.8 Å². The second-order valence-corrected chi connectivity index (χ2v) is 4.97. The summed E-state index contributed by atoms with van der Waals surface area (Å²) in [4.78, 5) is 12.2. The van der Waals surface area contributed by atoms with Gasteiger partial charge in [-0.25, -0.2) is 0 Å². The van der Waals surface area contributed by atoms with Crippen LogP contribution in [0.5, 0.6) is 11.5 Å². The van der Waals surface area contributed by atoms with Crippen LogP contribution in [-0.2, 0) is 0 Å². The minimum absolute atomic E-state index is 0. The summed E-state index contributed by atoms with van der Waals surface area (Å²) in [6.45, 7) is 2.83. The second-order valence-electron chi connectivity index (χ2n) is 4.97. The van der Waals surface area contributed by atoms with Crippen molar-refractivity contribution in [2.75, 3.05) is 33.9 Å². The first-order chi connectivity index (χ1) is 9.74. The average molecular weight is 315 g/mol. The Bertz CT molecular complexity index is 462. The first-order valence-corrected chi connectivity index (χ1v) is 6.95. The molecule has 0 aliphatic carbocycles. The van der Waals surface area contributed by atoms with Gasteiger partial charge in [0.1, 0.15) is 11.5 Å². The minimum atomic E-state index is -0.119. The van der Waals surface area contributed by atoms with Gasteiger partial charge >= 0.3 is 0 Å². The maximum atomic E-state index is 12.2. The highest BCUT2D eigenvalue weighted by Gasteiger charge is 2.16. The molecule has 6 heteroatoms. The highest BCUT2D eigenvalue weighted by atomic mass is 35.5. The summed E-state index contributed by atoms with van der Waals surface area (Å²) in [6.07, 6.45) is 2.20. The zero-order valence-corrected chi connectivity index (χ0v) is 13.3. The number of nitrogens with one attached hydrogen (secondary N) is 2. The van der Waals surface area contributed by atoms with Crippen LogP contribution in [0.4, 0.5) is 0 Å². The largest absolute Gasteiger partial charge is 0.497 e. The Labute approximate surface area is 131 Å². The van der Waals surface area contributed by atoms with Gasteiger partial charge in [0.2, 0.25) is 0 Å². The molecule has 1 fully saturated rings.